The second-order valence-corrected chi connectivity index (χ2v) is 7.82. The molecule has 25 heavy (non-hydrogen) atoms. The van der Waals surface area contributed by atoms with Crippen molar-refractivity contribution < 1.29 is 9.53 Å². The highest BCUT2D eigenvalue weighted by molar-refractivity contribution is 7.98. The zero-order chi connectivity index (χ0) is 17.6. The Kier molecular flexibility index (Phi) is 6.70. The maximum absolute atomic E-state index is 12.6. The number of ether oxygens (including phenoxy) is 1. The number of amides is 1. The van der Waals surface area contributed by atoms with Crippen molar-refractivity contribution in [3.63, 3.8) is 0 Å². The molecule has 3 rings (SSSR count). The summed E-state index contributed by atoms with van der Waals surface area (Å²) in [6.45, 7) is 3.87. The topological polar surface area (TPSA) is 44.8 Å². The molecule has 2 fully saturated rings. The van der Waals surface area contributed by atoms with Gasteiger partial charge in [0.15, 0.2) is 5.11 Å². The maximum Gasteiger partial charge on any atom is 0.251 e. The number of nitrogens with zero attached hydrogens (tertiary/aromatic N) is 2. The van der Waals surface area contributed by atoms with E-state index < -0.39 is 0 Å². The Morgan fingerprint density at radius 2 is 2.16 bits per heavy atom. The summed E-state index contributed by atoms with van der Waals surface area (Å²) in [5, 5.41) is 3.70. The molecule has 0 bridgehead atoms. The van der Waals surface area contributed by atoms with Crippen LogP contribution in [0.5, 0.6) is 0 Å². The minimum atomic E-state index is -0.177. The fraction of sp³-hybridized carbons (Fsp3) is 0.556. The minimum absolute atomic E-state index is 0.000428. The van der Waals surface area contributed by atoms with E-state index in [2.05, 4.69) is 34.5 Å². The quantitative estimate of drug-likeness (QED) is 0.728. The van der Waals surface area contributed by atoms with Gasteiger partial charge in [-0.3, -0.25) is 14.6 Å². The van der Waals surface area contributed by atoms with Crippen molar-refractivity contribution in [2.24, 2.45) is 0 Å². The normalized spacial score (nSPS) is 24.6. The van der Waals surface area contributed by atoms with Gasteiger partial charge in [-0.2, -0.15) is 11.8 Å². The molecule has 136 valence electrons. The van der Waals surface area contributed by atoms with Gasteiger partial charge in [-0.15, -0.1) is 0 Å². The van der Waals surface area contributed by atoms with Crippen molar-refractivity contribution in [1.82, 2.24) is 15.1 Å². The lowest BCUT2D eigenvalue weighted by molar-refractivity contribution is -0.129. The molecule has 2 aliphatic heterocycles. The van der Waals surface area contributed by atoms with Crippen LogP contribution in [0.1, 0.15) is 12.0 Å². The first kappa shape index (κ1) is 18.6. The first-order valence-corrected chi connectivity index (χ1v) is 10.5. The second-order valence-electron chi connectivity index (χ2n) is 6.45. The minimum Gasteiger partial charge on any atom is -0.374 e. The Bertz CT molecular complexity index is 599. The highest BCUT2D eigenvalue weighted by Gasteiger charge is 2.37. The first-order chi connectivity index (χ1) is 12.2. The number of benzene rings is 1. The summed E-state index contributed by atoms with van der Waals surface area (Å²) in [5.74, 6) is 1.04. The number of carbonyl (C=O) groups is 1. The fourth-order valence-electron chi connectivity index (χ4n) is 3.26. The Morgan fingerprint density at radius 3 is 2.92 bits per heavy atom. The molecule has 1 amide bonds. The summed E-state index contributed by atoms with van der Waals surface area (Å²) < 4.78 is 5.89. The molecule has 0 unspecified atom stereocenters. The van der Waals surface area contributed by atoms with E-state index in [0.717, 1.165) is 31.8 Å². The summed E-state index contributed by atoms with van der Waals surface area (Å²) in [5.41, 5.74) is 1.30. The molecular formula is C18H25N3O2S2. The largest absolute Gasteiger partial charge is 0.374 e. The molecule has 1 aromatic rings. The number of hydrogen-bond acceptors (Lipinski definition) is 5. The van der Waals surface area contributed by atoms with Crippen molar-refractivity contribution >= 4 is 35.0 Å². The molecule has 0 aromatic heterocycles. The number of morpholine rings is 1. The lowest BCUT2D eigenvalue weighted by Gasteiger charge is -2.34. The molecule has 2 atom stereocenters. The van der Waals surface area contributed by atoms with E-state index in [9.17, 15) is 4.79 Å². The molecule has 5 nitrogen and oxygen atoms in total. The van der Waals surface area contributed by atoms with E-state index in [1.165, 1.54) is 5.56 Å². The molecular weight excluding hydrogens is 354 g/mol. The first-order valence-electron chi connectivity index (χ1n) is 8.66. The third-order valence-electron chi connectivity index (χ3n) is 4.58. The highest BCUT2D eigenvalue weighted by atomic mass is 32.2. The number of hydrogen-bond donors (Lipinski definition) is 1. The van der Waals surface area contributed by atoms with E-state index in [1.807, 2.05) is 12.3 Å². The van der Waals surface area contributed by atoms with Gasteiger partial charge in [0, 0.05) is 19.6 Å². The average molecular weight is 380 g/mol. The van der Waals surface area contributed by atoms with Crippen LogP contribution < -0.4 is 5.32 Å². The van der Waals surface area contributed by atoms with Gasteiger partial charge in [0.1, 0.15) is 6.04 Å². The Hall–Kier alpha value is -1.15. The predicted molar refractivity (Wildman–Crippen MR) is 106 cm³/mol. The van der Waals surface area contributed by atoms with Gasteiger partial charge >= 0.3 is 0 Å². The van der Waals surface area contributed by atoms with Gasteiger partial charge in [0.2, 0.25) is 0 Å². The Balaban J connectivity index is 1.53. The van der Waals surface area contributed by atoms with Gasteiger partial charge in [0.25, 0.3) is 5.91 Å². The van der Waals surface area contributed by atoms with Crippen LogP contribution >= 0.6 is 24.0 Å². The molecule has 0 saturated carbocycles. The van der Waals surface area contributed by atoms with E-state index in [1.54, 1.807) is 16.7 Å². The van der Waals surface area contributed by atoms with Crippen molar-refractivity contribution in [3.8, 4) is 0 Å². The third-order valence-corrected chi connectivity index (χ3v) is 5.56. The van der Waals surface area contributed by atoms with E-state index in [4.69, 9.17) is 17.0 Å². The average Bonchev–Trinajstić information content (AvgIpc) is 2.89. The number of thioether (sulfide) groups is 1. The lowest BCUT2D eigenvalue weighted by Crippen LogP contribution is -2.48. The SMILES string of the molecule is CSCC[C@@H]1NC(=S)N(C[C@H]2CN(Cc3ccccc3)CCO2)C1=O. The number of thiocarbonyl (C=S) groups is 1. The fourth-order valence-corrected chi connectivity index (χ4v) is 4.04. The summed E-state index contributed by atoms with van der Waals surface area (Å²) in [7, 11) is 0. The Labute approximate surface area is 159 Å². The van der Waals surface area contributed by atoms with Gasteiger partial charge in [0.05, 0.1) is 19.3 Å². The van der Waals surface area contributed by atoms with Gasteiger partial charge in [-0.05, 0) is 36.2 Å². The summed E-state index contributed by atoms with van der Waals surface area (Å²) in [6.07, 6.45) is 2.86. The van der Waals surface area contributed by atoms with Crippen LogP contribution in [0.15, 0.2) is 30.3 Å². The van der Waals surface area contributed by atoms with Crippen LogP contribution in [0.25, 0.3) is 0 Å². The standard InChI is InChI=1S/C18H25N3O2S2/c1-25-10-7-16-17(22)21(18(24)19-16)13-15-12-20(8-9-23-15)11-14-5-3-2-4-6-14/h2-6,15-16H,7-13H2,1H3,(H,19,24)/t15-,16+/m1/s1. The zero-order valence-corrected chi connectivity index (χ0v) is 16.2. The van der Waals surface area contributed by atoms with E-state index >= 15 is 0 Å². The molecule has 1 aromatic carbocycles. The van der Waals surface area contributed by atoms with Crippen LogP contribution in [-0.2, 0) is 16.1 Å². The predicted octanol–water partition coefficient (Wildman–Crippen LogP) is 1.73. The van der Waals surface area contributed by atoms with Gasteiger partial charge < -0.3 is 10.1 Å². The van der Waals surface area contributed by atoms with Crippen LogP contribution in [-0.4, -0.2) is 71.2 Å². The molecule has 2 saturated heterocycles. The molecule has 2 aliphatic rings. The maximum atomic E-state index is 12.6. The van der Waals surface area contributed by atoms with Crippen LogP contribution in [0.4, 0.5) is 0 Å². The van der Waals surface area contributed by atoms with Crippen LogP contribution in [0.2, 0.25) is 0 Å². The molecule has 0 spiro atoms. The second kappa shape index (κ2) is 8.98. The lowest BCUT2D eigenvalue weighted by atomic mass is 10.2. The molecule has 2 heterocycles. The molecule has 0 aliphatic carbocycles. The van der Waals surface area contributed by atoms with E-state index in [-0.39, 0.29) is 18.1 Å². The third kappa shape index (κ3) is 4.94. The van der Waals surface area contributed by atoms with E-state index in [0.29, 0.717) is 18.3 Å². The number of carbonyl (C=O) groups excluding carboxylic acids is 1. The number of nitrogens with one attached hydrogen (secondary N) is 1. The van der Waals surface area contributed by atoms with Crippen molar-refractivity contribution in [2.75, 3.05) is 38.2 Å². The molecule has 7 heteroatoms. The van der Waals surface area contributed by atoms with Crippen molar-refractivity contribution in [1.29, 1.82) is 0 Å². The van der Waals surface area contributed by atoms with Gasteiger partial charge in [-0.1, -0.05) is 30.3 Å². The highest BCUT2D eigenvalue weighted by Crippen LogP contribution is 2.16. The summed E-state index contributed by atoms with van der Waals surface area (Å²) in [6, 6.07) is 10.3. The smallest absolute Gasteiger partial charge is 0.251 e. The number of rotatable bonds is 7. The van der Waals surface area contributed by atoms with Gasteiger partial charge in [-0.25, -0.2) is 0 Å². The van der Waals surface area contributed by atoms with Crippen LogP contribution in [0.3, 0.4) is 0 Å². The molecule has 0 radical (unpaired) electrons. The van der Waals surface area contributed by atoms with Crippen LogP contribution in [0, 0.1) is 0 Å². The van der Waals surface area contributed by atoms with Crippen molar-refractivity contribution in [2.45, 2.75) is 25.1 Å². The van der Waals surface area contributed by atoms with Crippen molar-refractivity contribution in [3.05, 3.63) is 35.9 Å². The zero-order valence-electron chi connectivity index (χ0n) is 14.5. The molecule has 1 N–H and O–H groups in total. The monoisotopic (exact) mass is 379 g/mol. The Morgan fingerprint density at radius 1 is 1.36 bits per heavy atom. The summed E-state index contributed by atoms with van der Waals surface area (Å²) in [4.78, 5) is 16.6. The summed E-state index contributed by atoms with van der Waals surface area (Å²) >= 11 is 7.11.